The van der Waals surface area contributed by atoms with Gasteiger partial charge in [0.25, 0.3) is 5.69 Å². The first kappa shape index (κ1) is 21.2. The molecule has 156 valence electrons. The van der Waals surface area contributed by atoms with E-state index in [4.69, 9.17) is 9.15 Å². The lowest BCUT2D eigenvalue weighted by Crippen LogP contribution is -2.10. The van der Waals surface area contributed by atoms with Crippen LogP contribution in [0.1, 0.15) is 27.0 Å². The molecule has 3 rings (SSSR count). The lowest BCUT2D eigenvalue weighted by Gasteiger charge is -2.10. The van der Waals surface area contributed by atoms with Gasteiger partial charge in [-0.25, -0.2) is 18.0 Å². The van der Waals surface area contributed by atoms with Gasteiger partial charge in [0, 0.05) is 29.3 Å². The van der Waals surface area contributed by atoms with Crippen molar-refractivity contribution < 1.29 is 27.3 Å². The molecule has 0 N–H and O–H groups in total. The molecule has 0 aliphatic carbocycles. The molecular weight excluding hydrogens is 414 g/mol. The molecule has 10 heteroatoms. The smallest absolute Gasteiger partial charge is 0.338 e. The Hall–Kier alpha value is -3.53. The van der Waals surface area contributed by atoms with Gasteiger partial charge in [-0.15, -0.1) is 0 Å². The minimum atomic E-state index is -3.85. The zero-order valence-electron chi connectivity index (χ0n) is 16.3. The predicted octanol–water partition coefficient (Wildman–Crippen LogP) is 3.08. The molecule has 0 aliphatic rings. The summed E-state index contributed by atoms with van der Waals surface area (Å²) < 4.78 is 33.9. The first-order valence-electron chi connectivity index (χ1n) is 8.67. The number of sulfone groups is 1. The molecule has 2 aromatic carbocycles. The van der Waals surface area contributed by atoms with E-state index in [0.717, 1.165) is 35.6 Å². The van der Waals surface area contributed by atoms with Crippen molar-refractivity contribution in [3.8, 4) is 0 Å². The number of nitro groups is 1. The first-order valence-corrected chi connectivity index (χ1v) is 10.6. The van der Waals surface area contributed by atoms with Crippen molar-refractivity contribution in [3.05, 3.63) is 79.2 Å². The number of nitro benzene ring substituents is 1. The van der Waals surface area contributed by atoms with E-state index in [1.54, 1.807) is 13.0 Å². The monoisotopic (exact) mass is 431 g/mol. The van der Waals surface area contributed by atoms with Crippen molar-refractivity contribution in [2.45, 2.75) is 25.3 Å². The number of hydrogen-bond donors (Lipinski definition) is 0. The summed E-state index contributed by atoms with van der Waals surface area (Å²) in [6.07, 6.45) is 0.836. The number of esters is 1. The molecule has 0 spiro atoms. The lowest BCUT2D eigenvalue weighted by molar-refractivity contribution is -0.387. The molecule has 0 bridgehead atoms. The second-order valence-corrected chi connectivity index (χ2v) is 8.75. The van der Waals surface area contributed by atoms with Gasteiger partial charge in [0.15, 0.2) is 9.84 Å². The van der Waals surface area contributed by atoms with Crippen LogP contribution in [0.4, 0.5) is 5.69 Å². The number of fused-ring (bicyclic) bond motifs is 1. The Balaban J connectivity index is 1.93. The number of nitrogens with zero attached hydrogens (tertiary/aromatic N) is 1. The number of hydrogen-bond acceptors (Lipinski definition) is 8. The van der Waals surface area contributed by atoms with Gasteiger partial charge in [-0.3, -0.25) is 10.1 Å². The molecule has 0 amide bonds. The zero-order valence-corrected chi connectivity index (χ0v) is 17.1. The van der Waals surface area contributed by atoms with Gasteiger partial charge in [0.2, 0.25) is 0 Å². The normalized spacial score (nSPS) is 11.4. The summed E-state index contributed by atoms with van der Waals surface area (Å²) in [6.45, 7) is 3.40. The molecule has 1 heterocycles. The Kier molecular flexibility index (Phi) is 5.45. The van der Waals surface area contributed by atoms with E-state index in [1.165, 1.54) is 6.07 Å². The molecule has 30 heavy (non-hydrogen) atoms. The van der Waals surface area contributed by atoms with Crippen molar-refractivity contribution in [2.24, 2.45) is 0 Å². The number of aryl methyl sites for hydroxylation is 2. The van der Waals surface area contributed by atoms with Crippen molar-refractivity contribution >= 4 is 32.5 Å². The molecule has 1 aromatic heterocycles. The summed E-state index contributed by atoms with van der Waals surface area (Å²) in [7, 11) is -3.85. The highest BCUT2D eigenvalue weighted by atomic mass is 32.2. The van der Waals surface area contributed by atoms with Crippen LogP contribution in [0.5, 0.6) is 0 Å². The Bertz CT molecular complexity index is 1360. The highest BCUT2D eigenvalue weighted by Crippen LogP contribution is 2.26. The third kappa shape index (κ3) is 4.08. The summed E-state index contributed by atoms with van der Waals surface area (Å²) in [5.41, 5.74) is 1.01. The molecule has 0 atom stereocenters. The zero-order chi connectivity index (χ0) is 22.2. The summed E-state index contributed by atoms with van der Waals surface area (Å²) in [4.78, 5) is 34.1. The van der Waals surface area contributed by atoms with Gasteiger partial charge in [0.1, 0.15) is 17.1 Å². The Labute approximate surface area is 171 Å². The molecule has 0 fully saturated rings. The van der Waals surface area contributed by atoms with Crippen LogP contribution in [0, 0.1) is 24.0 Å². The second kappa shape index (κ2) is 7.71. The maximum Gasteiger partial charge on any atom is 0.338 e. The van der Waals surface area contributed by atoms with Gasteiger partial charge in [0.05, 0.1) is 10.5 Å². The fraction of sp³-hybridized carbons (Fsp3) is 0.200. The highest BCUT2D eigenvalue weighted by molar-refractivity contribution is 7.90. The summed E-state index contributed by atoms with van der Waals surface area (Å²) in [5.74, 6) is -0.900. The highest BCUT2D eigenvalue weighted by Gasteiger charge is 2.24. The summed E-state index contributed by atoms with van der Waals surface area (Å²) in [6, 6.07) is 7.77. The quantitative estimate of drug-likeness (QED) is 0.260. The summed E-state index contributed by atoms with van der Waals surface area (Å²) in [5, 5.41) is 11.8. The summed E-state index contributed by atoms with van der Waals surface area (Å²) >= 11 is 0. The van der Waals surface area contributed by atoms with Crippen LogP contribution in [-0.4, -0.2) is 25.6 Å². The number of carbonyl (C=O) groups is 1. The first-order chi connectivity index (χ1) is 14.0. The van der Waals surface area contributed by atoms with Crippen LogP contribution in [0.2, 0.25) is 0 Å². The average molecular weight is 431 g/mol. The minimum absolute atomic E-state index is 0.187. The number of rotatable bonds is 5. The molecular formula is C20H17NO8S. The molecule has 0 saturated carbocycles. The van der Waals surface area contributed by atoms with Crippen molar-refractivity contribution in [3.63, 3.8) is 0 Å². The van der Waals surface area contributed by atoms with Crippen molar-refractivity contribution in [1.29, 1.82) is 0 Å². The van der Waals surface area contributed by atoms with Gasteiger partial charge in [-0.1, -0.05) is 12.1 Å². The number of carbonyl (C=O) groups excluding carboxylic acids is 1. The number of ether oxygens (including phenoxy) is 1. The van der Waals surface area contributed by atoms with E-state index >= 15 is 0 Å². The van der Waals surface area contributed by atoms with Crippen LogP contribution < -0.4 is 5.63 Å². The van der Waals surface area contributed by atoms with E-state index in [1.807, 2.05) is 13.0 Å². The molecule has 0 unspecified atom stereocenters. The SMILES string of the molecule is Cc1ccc2c(COC(=O)c3ccc(S(C)(=O)=O)c([N+](=O)[O-])c3)cc(=O)oc2c1C. The van der Waals surface area contributed by atoms with Gasteiger partial charge in [-0.05, 0) is 37.1 Å². The van der Waals surface area contributed by atoms with E-state index in [-0.39, 0.29) is 12.2 Å². The lowest BCUT2D eigenvalue weighted by atomic mass is 10.0. The third-order valence-electron chi connectivity index (χ3n) is 4.67. The Morgan fingerprint density at radius 3 is 2.50 bits per heavy atom. The minimum Gasteiger partial charge on any atom is -0.457 e. The second-order valence-electron chi connectivity index (χ2n) is 6.76. The molecule has 9 nitrogen and oxygen atoms in total. The number of benzene rings is 2. The largest absolute Gasteiger partial charge is 0.457 e. The fourth-order valence-electron chi connectivity index (χ4n) is 2.97. The van der Waals surface area contributed by atoms with Crippen LogP contribution in [0.25, 0.3) is 11.0 Å². The predicted molar refractivity (Wildman–Crippen MR) is 107 cm³/mol. The maximum atomic E-state index is 12.4. The Morgan fingerprint density at radius 2 is 1.87 bits per heavy atom. The average Bonchev–Trinajstić information content (AvgIpc) is 2.67. The Morgan fingerprint density at radius 1 is 1.17 bits per heavy atom. The maximum absolute atomic E-state index is 12.4. The molecule has 3 aromatic rings. The molecule has 0 radical (unpaired) electrons. The van der Waals surface area contributed by atoms with E-state index in [2.05, 4.69) is 0 Å². The van der Waals surface area contributed by atoms with E-state index < -0.39 is 36.9 Å². The van der Waals surface area contributed by atoms with Gasteiger partial charge >= 0.3 is 11.6 Å². The van der Waals surface area contributed by atoms with Gasteiger partial charge in [-0.2, -0.15) is 0 Å². The fourth-order valence-corrected chi connectivity index (χ4v) is 3.80. The van der Waals surface area contributed by atoms with Crippen LogP contribution in [0.3, 0.4) is 0 Å². The van der Waals surface area contributed by atoms with Crippen LogP contribution in [0.15, 0.2) is 50.5 Å². The van der Waals surface area contributed by atoms with Crippen molar-refractivity contribution in [1.82, 2.24) is 0 Å². The third-order valence-corrected chi connectivity index (χ3v) is 5.81. The molecule has 0 saturated heterocycles. The standard InChI is InChI=1S/C20H17NO8S/c1-11-4-6-15-14(9-18(22)29-19(15)12(11)2)10-28-20(23)13-5-7-17(30(3,26)27)16(8-13)21(24)25/h4-9H,10H2,1-3H3. The molecule has 0 aliphatic heterocycles. The van der Waals surface area contributed by atoms with Crippen LogP contribution >= 0.6 is 0 Å². The van der Waals surface area contributed by atoms with Crippen LogP contribution in [-0.2, 0) is 21.2 Å². The van der Waals surface area contributed by atoms with E-state index in [9.17, 15) is 28.1 Å². The van der Waals surface area contributed by atoms with Gasteiger partial charge < -0.3 is 9.15 Å². The van der Waals surface area contributed by atoms with Crippen molar-refractivity contribution in [2.75, 3.05) is 6.26 Å². The van der Waals surface area contributed by atoms with E-state index in [0.29, 0.717) is 16.5 Å². The topological polar surface area (TPSA) is 134 Å².